The third-order valence-electron chi connectivity index (χ3n) is 4.96. The van der Waals surface area contributed by atoms with Gasteiger partial charge in [0.1, 0.15) is 11.5 Å². The highest BCUT2D eigenvalue weighted by Crippen LogP contribution is 2.32. The molecule has 13 heteroatoms. The van der Waals surface area contributed by atoms with Gasteiger partial charge in [-0.3, -0.25) is 14.2 Å². The molecule has 0 fully saturated rings. The molecule has 1 unspecified atom stereocenters. The topological polar surface area (TPSA) is 94.7 Å². The molecule has 1 aliphatic heterocycles. The maximum Gasteiger partial charge on any atom is 0.431 e. The van der Waals surface area contributed by atoms with Gasteiger partial charge >= 0.3 is 11.9 Å². The van der Waals surface area contributed by atoms with Gasteiger partial charge in [0.25, 0.3) is 11.5 Å². The molecule has 1 aromatic heterocycles. The molecule has 2 aromatic rings. The number of nitrogens with zero attached hydrogens (tertiary/aromatic N) is 3. The zero-order chi connectivity index (χ0) is 24.9. The minimum atomic E-state index is -4.97. The van der Waals surface area contributed by atoms with Crippen LogP contribution in [0.5, 0.6) is 0 Å². The van der Waals surface area contributed by atoms with Gasteiger partial charge < -0.3 is 10.2 Å². The normalized spacial score (nSPS) is 18.3. The van der Waals surface area contributed by atoms with Crippen molar-refractivity contribution >= 4 is 23.2 Å². The number of halogens is 5. The molecule has 8 nitrogen and oxygen atoms in total. The van der Waals surface area contributed by atoms with Crippen molar-refractivity contribution in [3.8, 4) is 5.69 Å². The highest BCUT2D eigenvalue weighted by Gasteiger charge is 2.43. The Morgan fingerprint density at radius 2 is 1.91 bits per heavy atom. The highest BCUT2D eigenvalue weighted by molar-refractivity contribution is 6.34. The van der Waals surface area contributed by atoms with E-state index in [0.717, 1.165) is 19.2 Å². The Morgan fingerprint density at radius 3 is 2.48 bits per heavy atom. The molecule has 2 heterocycles. The van der Waals surface area contributed by atoms with Crippen molar-refractivity contribution in [3.05, 3.63) is 61.1 Å². The summed E-state index contributed by atoms with van der Waals surface area (Å²) in [6.07, 6.45) is -5.04. The van der Waals surface area contributed by atoms with Crippen LogP contribution in [0.3, 0.4) is 0 Å². The number of hydrogen-bond donors (Lipinski definition) is 1. The van der Waals surface area contributed by atoms with Crippen molar-refractivity contribution in [2.24, 2.45) is 12.2 Å². The molecule has 1 aliphatic rings. The molecule has 0 bridgehead atoms. The number of carbonyl (C=O) groups excluding carboxylic acids is 1. The second-order valence-corrected chi connectivity index (χ2v) is 8.40. The van der Waals surface area contributed by atoms with Gasteiger partial charge in [-0.1, -0.05) is 16.8 Å². The Labute approximate surface area is 189 Å². The SMILES string of the molecule is CC(C)NC(=O)C1(C)CC(c2cc(-n3c(=O)cc(C(F)(F)F)n(C)c3=O)c(F)cc2Cl)=NO1. The lowest BCUT2D eigenvalue weighted by Crippen LogP contribution is -2.47. The van der Waals surface area contributed by atoms with E-state index < -0.39 is 46.1 Å². The molecule has 33 heavy (non-hydrogen) atoms. The van der Waals surface area contributed by atoms with Gasteiger partial charge in [0, 0.05) is 31.1 Å². The lowest BCUT2D eigenvalue weighted by molar-refractivity contribution is -0.144. The maximum atomic E-state index is 14.7. The average Bonchev–Trinajstić information content (AvgIpc) is 3.08. The Kier molecular flexibility index (Phi) is 6.18. The predicted molar refractivity (Wildman–Crippen MR) is 111 cm³/mol. The molecule has 1 aromatic carbocycles. The molecule has 1 atom stereocenters. The third-order valence-corrected chi connectivity index (χ3v) is 5.27. The highest BCUT2D eigenvalue weighted by atomic mass is 35.5. The molecular formula is C20H19ClF4N4O4. The second kappa shape index (κ2) is 8.32. The Balaban J connectivity index is 2.10. The number of oxime groups is 1. The number of benzene rings is 1. The van der Waals surface area contributed by atoms with Crippen LogP contribution in [-0.2, 0) is 22.9 Å². The van der Waals surface area contributed by atoms with E-state index in [1.807, 2.05) is 0 Å². The monoisotopic (exact) mass is 490 g/mol. The Bertz CT molecular complexity index is 1280. The first-order valence-corrected chi connectivity index (χ1v) is 9.99. The van der Waals surface area contributed by atoms with Gasteiger partial charge in [-0.2, -0.15) is 13.2 Å². The maximum absolute atomic E-state index is 14.7. The molecule has 0 saturated heterocycles. The first-order valence-electron chi connectivity index (χ1n) is 9.62. The van der Waals surface area contributed by atoms with E-state index in [0.29, 0.717) is 0 Å². The average molecular weight is 491 g/mol. The second-order valence-electron chi connectivity index (χ2n) is 7.99. The molecule has 0 saturated carbocycles. The predicted octanol–water partition coefficient (Wildman–Crippen LogP) is 2.76. The summed E-state index contributed by atoms with van der Waals surface area (Å²) in [6.45, 7) is 4.99. The van der Waals surface area contributed by atoms with Crippen molar-refractivity contribution in [1.82, 2.24) is 14.5 Å². The molecule has 1 amide bonds. The van der Waals surface area contributed by atoms with Gasteiger partial charge in [0.2, 0.25) is 5.60 Å². The summed E-state index contributed by atoms with van der Waals surface area (Å²) < 4.78 is 54.4. The number of rotatable bonds is 4. The van der Waals surface area contributed by atoms with Crippen molar-refractivity contribution in [2.75, 3.05) is 0 Å². The lowest BCUT2D eigenvalue weighted by Gasteiger charge is -2.22. The van der Waals surface area contributed by atoms with E-state index in [-0.39, 0.29) is 44.0 Å². The van der Waals surface area contributed by atoms with E-state index in [2.05, 4.69) is 10.5 Å². The van der Waals surface area contributed by atoms with Gasteiger partial charge in [-0.25, -0.2) is 13.8 Å². The van der Waals surface area contributed by atoms with Crippen LogP contribution in [0.4, 0.5) is 17.6 Å². The molecule has 0 radical (unpaired) electrons. The molecule has 0 aliphatic carbocycles. The van der Waals surface area contributed by atoms with Crippen molar-refractivity contribution in [2.45, 2.75) is 45.0 Å². The molecule has 178 valence electrons. The lowest BCUT2D eigenvalue weighted by atomic mass is 9.94. The summed E-state index contributed by atoms with van der Waals surface area (Å²) in [7, 11) is 0.809. The Morgan fingerprint density at radius 1 is 1.27 bits per heavy atom. The van der Waals surface area contributed by atoms with E-state index in [9.17, 15) is 31.9 Å². The van der Waals surface area contributed by atoms with Crippen molar-refractivity contribution in [1.29, 1.82) is 0 Å². The van der Waals surface area contributed by atoms with Gasteiger partial charge in [-0.05, 0) is 32.9 Å². The van der Waals surface area contributed by atoms with E-state index in [4.69, 9.17) is 16.4 Å². The van der Waals surface area contributed by atoms with Crippen LogP contribution in [-0.4, -0.2) is 32.4 Å². The number of nitrogens with one attached hydrogen (secondary N) is 1. The molecular weight excluding hydrogens is 472 g/mol. The summed E-state index contributed by atoms with van der Waals surface area (Å²) in [5.74, 6) is -1.58. The van der Waals surface area contributed by atoms with Gasteiger partial charge in [0.05, 0.1) is 16.4 Å². The van der Waals surface area contributed by atoms with Crippen LogP contribution in [0.15, 0.2) is 32.9 Å². The zero-order valence-corrected chi connectivity index (χ0v) is 18.6. The van der Waals surface area contributed by atoms with Crippen LogP contribution >= 0.6 is 11.6 Å². The Hall–Kier alpha value is -3.15. The minimum Gasteiger partial charge on any atom is -0.379 e. The zero-order valence-electron chi connectivity index (χ0n) is 17.9. The van der Waals surface area contributed by atoms with Crippen LogP contribution in [0.1, 0.15) is 38.4 Å². The number of alkyl halides is 3. The molecule has 1 N–H and O–H groups in total. The number of carbonyl (C=O) groups is 1. The van der Waals surface area contributed by atoms with Crippen LogP contribution in [0.25, 0.3) is 5.69 Å². The smallest absolute Gasteiger partial charge is 0.379 e. The van der Waals surface area contributed by atoms with Crippen LogP contribution < -0.4 is 16.6 Å². The van der Waals surface area contributed by atoms with E-state index >= 15 is 0 Å². The number of amides is 1. The third kappa shape index (κ3) is 4.52. The van der Waals surface area contributed by atoms with E-state index in [1.54, 1.807) is 13.8 Å². The summed E-state index contributed by atoms with van der Waals surface area (Å²) in [5.41, 5.74) is -6.13. The minimum absolute atomic E-state index is 0.0444. The molecule has 0 spiro atoms. The van der Waals surface area contributed by atoms with E-state index in [1.165, 1.54) is 6.92 Å². The van der Waals surface area contributed by atoms with Crippen LogP contribution in [0, 0.1) is 5.82 Å². The van der Waals surface area contributed by atoms with Crippen molar-refractivity contribution in [3.63, 3.8) is 0 Å². The quantitative estimate of drug-likeness (QED) is 0.667. The summed E-state index contributed by atoms with van der Waals surface area (Å²) >= 11 is 6.13. The van der Waals surface area contributed by atoms with Gasteiger partial charge in [-0.15, -0.1) is 0 Å². The summed E-state index contributed by atoms with van der Waals surface area (Å²) in [5, 5.41) is 6.37. The summed E-state index contributed by atoms with van der Waals surface area (Å²) in [4.78, 5) is 42.6. The van der Waals surface area contributed by atoms with Crippen LogP contribution in [0.2, 0.25) is 5.02 Å². The first kappa shape index (κ1) is 24.5. The van der Waals surface area contributed by atoms with Gasteiger partial charge in [0.15, 0.2) is 0 Å². The summed E-state index contributed by atoms with van der Waals surface area (Å²) in [6, 6.07) is 1.81. The standard InChI is InChI=1S/C20H19ClF4N4O4/c1-9(2)26-17(31)19(3)8-13(27-33-19)10-5-14(12(22)6-11(10)21)29-16(30)7-15(20(23,24)25)28(4)18(29)32/h5-7,9H,8H2,1-4H3,(H,26,31). The fourth-order valence-corrected chi connectivity index (χ4v) is 3.53. The number of hydrogen-bond acceptors (Lipinski definition) is 5. The largest absolute Gasteiger partial charge is 0.431 e. The fraction of sp³-hybridized carbons (Fsp3) is 0.400. The first-order chi connectivity index (χ1) is 15.2. The van der Waals surface area contributed by atoms with Crippen molar-refractivity contribution < 1.29 is 27.2 Å². The molecule has 3 rings (SSSR count). The number of aromatic nitrogens is 2. The fourth-order valence-electron chi connectivity index (χ4n) is 3.27.